The van der Waals surface area contributed by atoms with E-state index in [9.17, 15) is 0 Å². The second kappa shape index (κ2) is 3.90. The van der Waals surface area contributed by atoms with E-state index in [1.165, 1.54) is 17.4 Å². The summed E-state index contributed by atoms with van der Waals surface area (Å²) in [6, 6.07) is 3.61. The summed E-state index contributed by atoms with van der Waals surface area (Å²) in [6.45, 7) is 0. The Morgan fingerprint density at radius 1 is 1.25 bits per heavy atom. The molecular weight excluding hydrogens is 228 g/mol. The van der Waals surface area contributed by atoms with Gasteiger partial charge in [0.1, 0.15) is 6.10 Å². The van der Waals surface area contributed by atoms with Crippen molar-refractivity contribution < 1.29 is 4.74 Å². The Morgan fingerprint density at radius 2 is 2.06 bits per heavy atom. The van der Waals surface area contributed by atoms with E-state index in [4.69, 9.17) is 16.3 Å². The van der Waals surface area contributed by atoms with Gasteiger partial charge in [0.05, 0.1) is 0 Å². The summed E-state index contributed by atoms with van der Waals surface area (Å²) in [7, 11) is 0. The Balaban J connectivity index is 1.88. The third kappa shape index (κ3) is 1.71. The first-order valence-corrected chi connectivity index (χ1v) is 5.75. The molecule has 16 heavy (non-hydrogen) atoms. The molecule has 0 aliphatic heterocycles. The van der Waals surface area contributed by atoms with Crippen molar-refractivity contribution in [1.82, 2.24) is 19.8 Å². The second-order valence-corrected chi connectivity index (χ2v) is 4.27. The van der Waals surface area contributed by atoms with Gasteiger partial charge in [-0.2, -0.15) is 4.52 Å². The van der Waals surface area contributed by atoms with E-state index in [-0.39, 0.29) is 5.28 Å². The molecular formula is C10H11ClN4O. The minimum absolute atomic E-state index is 0.256. The first-order chi connectivity index (χ1) is 7.83. The molecule has 1 saturated carbocycles. The fourth-order valence-electron chi connectivity index (χ4n) is 1.99. The van der Waals surface area contributed by atoms with Crippen LogP contribution in [0.2, 0.25) is 5.28 Å². The van der Waals surface area contributed by atoms with Crippen LogP contribution >= 0.6 is 11.6 Å². The van der Waals surface area contributed by atoms with E-state index in [0.29, 0.717) is 17.6 Å². The maximum absolute atomic E-state index is 5.83. The van der Waals surface area contributed by atoms with E-state index in [1.54, 1.807) is 12.1 Å². The predicted molar refractivity (Wildman–Crippen MR) is 58.7 cm³/mol. The number of hydrogen-bond acceptors (Lipinski definition) is 4. The Morgan fingerprint density at radius 3 is 2.88 bits per heavy atom. The molecule has 84 valence electrons. The molecule has 0 radical (unpaired) electrons. The van der Waals surface area contributed by atoms with Crippen LogP contribution in [0.1, 0.15) is 25.7 Å². The average Bonchev–Trinajstić information content (AvgIpc) is 2.90. The molecule has 0 spiro atoms. The largest absolute Gasteiger partial charge is 0.473 e. The van der Waals surface area contributed by atoms with Gasteiger partial charge in [0.15, 0.2) is 5.65 Å². The minimum atomic E-state index is 0.256. The molecule has 0 aromatic carbocycles. The smallest absolute Gasteiger partial charge is 0.246 e. The zero-order valence-corrected chi connectivity index (χ0v) is 9.39. The lowest BCUT2D eigenvalue weighted by Gasteiger charge is -2.11. The fourth-order valence-corrected chi connectivity index (χ4v) is 2.15. The van der Waals surface area contributed by atoms with Gasteiger partial charge in [0.2, 0.25) is 11.2 Å². The van der Waals surface area contributed by atoms with Crippen molar-refractivity contribution in [2.24, 2.45) is 0 Å². The topological polar surface area (TPSA) is 52.3 Å². The van der Waals surface area contributed by atoms with Gasteiger partial charge in [0, 0.05) is 6.07 Å². The van der Waals surface area contributed by atoms with Crippen molar-refractivity contribution in [3.63, 3.8) is 0 Å². The number of aromatic nitrogens is 4. The molecule has 1 aliphatic rings. The molecule has 3 rings (SSSR count). The standard InChI is InChI=1S/C10H11ClN4O/c11-10-13-12-8-5-6-9(14-15(8)10)16-7-3-1-2-4-7/h5-7H,1-4H2. The first-order valence-electron chi connectivity index (χ1n) is 5.37. The first kappa shape index (κ1) is 9.84. The number of ether oxygens (including phenoxy) is 1. The van der Waals surface area contributed by atoms with Gasteiger partial charge in [-0.3, -0.25) is 0 Å². The van der Waals surface area contributed by atoms with Gasteiger partial charge in [0.25, 0.3) is 0 Å². The predicted octanol–water partition coefficient (Wildman–Crippen LogP) is 2.10. The van der Waals surface area contributed by atoms with Crippen LogP contribution in [0.5, 0.6) is 5.88 Å². The van der Waals surface area contributed by atoms with Crippen LogP contribution in [0.3, 0.4) is 0 Å². The highest BCUT2D eigenvalue weighted by atomic mass is 35.5. The summed E-state index contributed by atoms with van der Waals surface area (Å²) in [5.74, 6) is 0.584. The quantitative estimate of drug-likeness (QED) is 0.804. The van der Waals surface area contributed by atoms with E-state index in [1.807, 2.05) is 0 Å². The summed E-state index contributed by atoms with van der Waals surface area (Å²) in [6.07, 6.45) is 4.98. The summed E-state index contributed by atoms with van der Waals surface area (Å²) in [5.41, 5.74) is 0.628. The third-order valence-electron chi connectivity index (χ3n) is 2.79. The van der Waals surface area contributed by atoms with Gasteiger partial charge < -0.3 is 4.74 Å². The lowest BCUT2D eigenvalue weighted by atomic mass is 10.3. The van der Waals surface area contributed by atoms with Gasteiger partial charge in [-0.05, 0) is 43.4 Å². The highest BCUT2D eigenvalue weighted by Gasteiger charge is 2.17. The van der Waals surface area contributed by atoms with Crippen molar-refractivity contribution in [3.05, 3.63) is 17.4 Å². The molecule has 0 unspecified atom stereocenters. The highest BCUT2D eigenvalue weighted by Crippen LogP contribution is 2.23. The molecule has 0 N–H and O–H groups in total. The molecule has 2 aromatic heterocycles. The Kier molecular flexibility index (Phi) is 2.40. The van der Waals surface area contributed by atoms with Crippen LogP contribution in [-0.2, 0) is 0 Å². The summed E-state index contributed by atoms with van der Waals surface area (Å²) >= 11 is 5.83. The van der Waals surface area contributed by atoms with E-state index < -0.39 is 0 Å². The van der Waals surface area contributed by atoms with Crippen LogP contribution in [0.15, 0.2) is 12.1 Å². The number of nitrogens with zero attached hydrogens (tertiary/aromatic N) is 4. The number of rotatable bonds is 2. The number of halogens is 1. The van der Waals surface area contributed by atoms with Gasteiger partial charge >= 0.3 is 0 Å². The normalized spacial score (nSPS) is 17.1. The Labute approximate surface area is 97.4 Å². The molecule has 1 aliphatic carbocycles. The molecule has 2 heterocycles. The van der Waals surface area contributed by atoms with E-state index in [0.717, 1.165) is 12.8 Å². The van der Waals surface area contributed by atoms with Gasteiger partial charge in [-0.1, -0.05) is 0 Å². The van der Waals surface area contributed by atoms with Crippen molar-refractivity contribution in [1.29, 1.82) is 0 Å². The molecule has 0 atom stereocenters. The minimum Gasteiger partial charge on any atom is -0.473 e. The van der Waals surface area contributed by atoms with Crippen LogP contribution < -0.4 is 4.74 Å². The summed E-state index contributed by atoms with van der Waals surface area (Å²) in [5, 5.41) is 12.1. The number of hydrogen-bond donors (Lipinski definition) is 0. The average molecular weight is 239 g/mol. The van der Waals surface area contributed by atoms with Crippen molar-refractivity contribution >= 4 is 17.2 Å². The Bertz CT molecular complexity index is 506. The van der Waals surface area contributed by atoms with Crippen LogP contribution in [0.25, 0.3) is 5.65 Å². The summed E-state index contributed by atoms with van der Waals surface area (Å²) < 4.78 is 7.24. The van der Waals surface area contributed by atoms with Gasteiger partial charge in [-0.25, -0.2) is 0 Å². The molecule has 6 heteroatoms. The molecule has 0 saturated heterocycles. The van der Waals surface area contributed by atoms with Crippen molar-refractivity contribution in [2.45, 2.75) is 31.8 Å². The highest BCUT2D eigenvalue weighted by molar-refractivity contribution is 6.28. The Hall–Kier alpha value is -1.36. The summed E-state index contributed by atoms with van der Waals surface area (Å²) in [4.78, 5) is 0. The SMILES string of the molecule is Clc1nnc2ccc(OC3CCCC3)nn12. The lowest BCUT2D eigenvalue weighted by Crippen LogP contribution is -2.12. The van der Waals surface area contributed by atoms with Gasteiger partial charge in [-0.15, -0.1) is 15.3 Å². The lowest BCUT2D eigenvalue weighted by molar-refractivity contribution is 0.198. The number of fused-ring (bicyclic) bond motifs is 1. The zero-order valence-electron chi connectivity index (χ0n) is 8.64. The van der Waals surface area contributed by atoms with Crippen molar-refractivity contribution in [3.8, 4) is 5.88 Å². The maximum Gasteiger partial charge on any atom is 0.246 e. The van der Waals surface area contributed by atoms with E-state index >= 15 is 0 Å². The fraction of sp³-hybridized carbons (Fsp3) is 0.500. The monoisotopic (exact) mass is 238 g/mol. The maximum atomic E-state index is 5.83. The van der Waals surface area contributed by atoms with Crippen LogP contribution in [0.4, 0.5) is 0 Å². The molecule has 0 amide bonds. The molecule has 1 fully saturated rings. The van der Waals surface area contributed by atoms with E-state index in [2.05, 4.69) is 15.3 Å². The molecule has 2 aromatic rings. The molecule has 5 nitrogen and oxygen atoms in total. The third-order valence-corrected chi connectivity index (χ3v) is 3.03. The zero-order chi connectivity index (χ0) is 11.0. The van der Waals surface area contributed by atoms with Crippen LogP contribution in [0, 0.1) is 0 Å². The van der Waals surface area contributed by atoms with Crippen LogP contribution in [-0.4, -0.2) is 25.9 Å². The van der Waals surface area contributed by atoms with Crippen molar-refractivity contribution in [2.75, 3.05) is 0 Å². The second-order valence-electron chi connectivity index (χ2n) is 3.93. The molecule has 0 bridgehead atoms.